The second-order valence-corrected chi connectivity index (χ2v) is 10.1. The van der Waals surface area contributed by atoms with Crippen LogP contribution in [0.25, 0.3) is 0 Å². The van der Waals surface area contributed by atoms with E-state index in [1.54, 1.807) is 29.2 Å². The minimum absolute atomic E-state index is 0.137. The molecule has 0 atom stereocenters. The molecule has 9 heteroatoms. The molecule has 1 aromatic carbocycles. The van der Waals surface area contributed by atoms with E-state index in [0.717, 1.165) is 28.7 Å². The highest BCUT2D eigenvalue weighted by Gasteiger charge is 2.39. The summed E-state index contributed by atoms with van der Waals surface area (Å²) in [5.41, 5.74) is 1.33. The van der Waals surface area contributed by atoms with E-state index in [0.29, 0.717) is 53.9 Å². The molecular weight excluding hydrogens is 462 g/mol. The van der Waals surface area contributed by atoms with Gasteiger partial charge in [-0.1, -0.05) is 49.4 Å². The molecule has 1 aliphatic carbocycles. The Morgan fingerprint density at radius 2 is 1.79 bits per heavy atom. The van der Waals surface area contributed by atoms with Crippen LogP contribution in [-0.2, 0) is 9.59 Å². The highest BCUT2D eigenvalue weighted by Crippen LogP contribution is 2.36. The maximum Gasteiger partial charge on any atom is 0.294 e. The Kier molecular flexibility index (Phi) is 7.75. The third-order valence-corrected chi connectivity index (χ3v) is 7.97. The van der Waals surface area contributed by atoms with Crippen LogP contribution >= 0.6 is 23.4 Å². The topological polar surface area (TPSA) is 86.8 Å². The van der Waals surface area contributed by atoms with Crippen molar-refractivity contribution >= 4 is 46.3 Å². The van der Waals surface area contributed by atoms with Crippen LogP contribution < -0.4 is 5.32 Å². The minimum Gasteiger partial charge on any atom is -0.355 e. The van der Waals surface area contributed by atoms with Crippen LogP contribution in [0.5, 0.6) is 0 Å². The Hall–Kier alpha value is -2.32. The van der Waals surface area contributed by atoms with Crippen LogP contribution in [0.3, 0.4) is 0 Å². The van der Waals surface area contributed by atoms with E-state index in [1.807, 2.05) is 0 Å². The van der Waals surface area contributed by atoms with Gasteiger partial charge in [0.25, 0.3) is 17.1 Å². The van der Waals surface area contributed by atoms with Gasteiger partial charge in [0.1, 0.15) is 6.54 Å². The number of benzene rings is 1. The number of hydrogen-bond donors (Lipinski definition) is 1. The zero-order chi connectivity index (χ0) is 23.4. The largest absolute Gasteiger partial charge is 0.355 e. The SMILES string of the molecule is O=C(CN1C(=O)SC(=C2CCN(C(=O)c3ccccc3Cl)CC2)C1=O)NCCC1CCCC1. The Morgan fingerprint density at radius 3 is 2.48 bits per heavy atom. The first-order chi connectivity index (χ1) is 15.9. The monoisotopic (exact) mass is 489 g/mol. The third kappa shape index (κ3) is 5.61. The predicted molar refractivity (Wildman–Crippen MR) is 128 cm³/mol. The van der Waals surface area contributed by atoms with Gasteiger partial charge in [-0.15, -0.1) is 0 Å². The number of nitrogens with one attached hydrogen (secondary N) is 1. The van der Waals surface area contributed by atoms with Crippen LogP contribution in [-0.4, -0.2) is 58.9 Å². The lowest BCUT2D eigenvalue weighted by Crippen LogP contribution is -2.40. The van der Waals surface area contributed by atoms with E-state index in [2.05, 4.69) is 5.32 Å². The highest BCUT2D eigenvalue weighted by atomic mass is 35.5. The van der Waals surface area contributed by atoms with E-state index in [-0.39, 0.29) is 18.4 Å². The van der Waals surface area contributed by atoms with Crippen molar-refractivity contribution in [1.82, 2.24) is 15.1 Å². The number of amides is 4. The first kappa shape index (κ1) is 23.8. The molecule has 3 aliphatic rings. The zero-order valence-corrected chi connectivity index (χ0v) is 20.1. The van der Waals surface area contributed by atoms with Crippen LogP contribution in [0, 0.1) is 5.92 Å². The van der Waals surface area contributed by atoms with Gasteiger partial charge < -0.3 is 10.2 Å². The summed E-state index contributed by atoms with van der Waals surface area (Å²) < 4.78 is 0. The number of hydrogen-bond acceptors (Lipinski definition) is 5. The van der Waals surface area contributed by atoms with Gasteiger partial charge in [0.15, 0.2) is 0 Å². The molecule has 2 heterocycles. The molecule has 1 saturated carbocycles. The lowest BCUT2D eigenvalue weighted by atomic mass is 10.0. The maximum absolute atomic E-state index is 12.9. The molecule has 2 saturated heterocycles. The van der Waals surface area contributed by atoms with Gasteiger partial charge >= 0.3 is 0 Å². The van der Waals surface area contributed by atoms with Crippen molar-refractivity contribution in [2.75, 3.05) is 26.2 Å². The van der Waals surface area contributed by atoms with E-state index >= 15 is 0 Å². The van der Waals surface area contributed by atoms with Gasteiger partial charge in [0.2, 0.25) is 5.91 Å². The summed E-state index contributed by atoms with van der Waals surface area (Å²) in [4.78, 5) is 53.5. The van der Waals surface area contributed by atoms with Crippen molar-refractivity contribution in [2.45, 2.75) is 44.9 Å². The molecule has 0 radical (unpaired) electrons. The van der Waals surface area contributed by atoms with E-state index < -0.39 is 11.1 Å². The molecule has 1 N–H and O–H groups in total. The summed E-state index contributed by atoms with van der Waals surface area (Å²) in [7, 11) is 0. The van der Waals surface area contributed by atoms with Gasteiger partial charge in [-0.25, -0.2) is 0 Å². The number of likely N-dealkylation sites (tertiary alicyclic amines) is 1. The second kappa shape index (κ2) is 10.7. The first-order valence-corrected chi connectivity index (χ1v) is 12.7. The fourth-order valence-corrected chi connectivity index (χ4v) is 5.87. The molecule has 0 bridgehead atoms. The van der Waals surface area contributed by atoms with E-state index in [9.17, 15) is 19.2 Å². The first-order valence-electron chi connectivity index (χ1n) is 11.5. The smallest absolute Gasteiger partial charge is 0.294 e. The van der Waals surface area contributed by atoms with E-state index in [4.69, 9.17) is 11.6 Å². The normalized spacial score (nSPS) is 19.5. The van der Waals surface area contributed by atoms with Crippen molar-refractivity contribution in [3.63, 3.8) is 0 Å². The Labute approximate surface area is 202 Å². The standard InChI is InChI=1S/C24H28ClN3O4S/c25-19-8-4-3-7-18(19)22(30)27-13-10-17(11-14-27)21-23(31)28(24(32)33-21)15-20(29)26-12-9-16-5-1-2-6-16/h3-4,7-8,16H,1-2,5-6,9-15H2,(H,26,29). The minimum atomic E-state index is -0.414. The summed E-state index contributed by atoms with van der Waals surface area (Å²) in [6, 6.07) is 6.93. The number of carbonyl (C=O) groups excluding carboxylic acids is 4. The van der Waals surface area contributed by atoms with Crippen molar-refractivity contribution < 1.29 is 19.2 Å². The number of carbonyl (C=O) groups is 4. The van der Waals surface area contributed by atoms with Crippen molar-refractivity contribution in [3.8, 4) is 0 Å². The lowest BCUT2D eigenvalue weighted by Gasteiger charge is -2.29. The summed E-state index contributed by atoms with van der Waals surface area (Å²) in [5, 5.41) is 2.84. The van der Waals surface area contributed by atoms with Crippen LogP contribution in [0.2, 0.25) is 5.02 Å². The van der Waals surface area contributed by atoms with Crippen LogP contribution in [0.4, 0.5) is 4.79 Å². The quantitative estimate of drug-likeness (QED) is 0.604. The predicted octanol–water partition coefficient (Wildman–Crippen LogP) is 4.22. The molecule has 176 valence electrons. The average molecular weight is 490 g/mol. The molecule has 3 fully saturated rings. The number of halogens is 1. The summed E-state index contributed by atoms with van der Waals surface area (Å²) >= 11 is 7.04. The molecule has 0 unspecified atom stereocenters. The van der Waals surface area contributed by atoms with Gasteiger partial charge in [0.05, 0.1) is 15.5 Å². The average Bonchev–Trinajstić information content (AvgIpc) is 3.43. The molecule has 0 aromatic heterocycles. The van der Waals surface area contributed by atoms with E-state index in [1.165, 1.54) is 25.7 Å². The fourth-order valence-electron chi connectivity index (χ4n) is 4.68. The summed E-state index contributed by atoms with van der Waals surface area (Å²) in [6.07, 6.45) is 6.92. The van der Waals surface area contributed by atoms with Gasteiger partial charge in [0, 0.05) is 19.6 Å². The third-order valence-electron chi connectivity index (χ3n) is 6.58. The molecule has 33 heavy (non-hydrogen) atoms. The van der Waals surface area contributed by atoms with Crippen LogP contribution in [0.1, 0.15) is 55.3 Å². The molecule has 0 spiro atoms. The molecule has 7 nitrogen and oxygen atoms in total. The number of rotatable bonds is 6. The molecule has 2 aliphatic heterocycles. The molecule has 4 rings (SSSR count). The van der Waals surface area contributed by atoms with Crippen LogP contribution in [0.15, 0.2) is 34.7 Å². The fraction of sp³-hybridized carbons (Fsp3) is 0.500. The van der Waals surface area contributed by atoms with Crippen molar-refractivity contribution in [3.05, 3.63) is 45.3 Å². The summed E-state index contributed by atoms with van der Waals surface area (Å²) in [6.45, 7) is 1.23. The Bertz CT molecular complexity index is 980. The molecule has 1 aromatic rings. The second-order valence-electron chi connectivity index (χ2n) is 8.75. The number of thioether (sulfide) groups is 1. The number of piperidine rings is 1. The number of nitrogens with zero attached hydrogens (tertiary/aromatic N) is 2. The maximum atomic E-state index is 12.9. The Balaban J connectivity index is 1.30. The molecular formula is C24H28ClN3O4S. The van der Waals surface area contributed by atoms with Crippen molar-refractivity contribution in [1.29, 1.82) is 0 Å². The number of imide groups is 1. The van der Waals surface area contributed by atoms with Gasteiger partial charge in [-0.05, 0) is 54.6 Å². The van der Waals surface area contributed by atoms with Gasteiger partial charge in [-0.3, -0.25) is 24.1 Å². The Morgan fingerprint density at radius 1 is 1.09 bits per heavy atom. The zero-order valence-electron chi connectivity index (χ0n) is 18.5. The summed E-state index contributed by atoms with van der Waals surface area (Å²) in [5.74, 6) is -0.177. The molecule has 4 amide bonds. The van der Waals surface area contributed by atoms with Gasteiger partial charge in [-0.2, -0.15) is 0 Å². The highest BCUT2D eigenvalue weighted by molar-refractivity contribution is 8.18. The lowest BCUT2D eigenvalue weighted by molar-refractivity contribution is -0.129. The van der Waals surface area contributed by atoms with Crippen molar-refractivity contribution in [2.24, 2.45) is 5.92 Å².